The van der Waals surface area contributed by atoms with Crippen LogP contribution in [0.3, 0.4) is 0 Å². The monoisotopic (exact) mass is 196 g/mol. The number of carbonyl (C=O) groups excluding carboxylic acids is 2. The fourth-order valence-corrected chi connectivity index (χ4v) is 1.21. The Morgan fingerprint density at radius 2 is 1.86 bits per heavy atom. The smallest absolute Gasteiger partial charge is 0.166 e. The number of allylic oxidation sites excluding steroid dienone is 2. The zero-order valence-corrected chi connectivity index (χ0v) is 9.59. The van der Waals surface area contributed by atoms with Crippen LogP contribution >= 0.6 is 0 Å². The first-order chi connectivity index (χ1) is 6.49. The van der Waals surface area contributed by atoms with Crippen LogP contribution in [0.15, 0.2) is 11.6 Å². The maximum atomic E-state index is 11.6. The van der Waals surface area contributed by atoms with Crippen LogP contribution in [0.4, 0.5) is 0 Å². The molecule has 0 rings (SSSR count). The second kappa shape index (κ2) is 6.52. The summed E-state index contributed by atoms with van der Waals surface area (Å²) in [4.78, 5) is 22.8. The summed E-state index contributed by atoms with van der Waals surface area (Å²) in [6.45, 7) is 7.43. The Morgan fingerprint density at radius 1 is 1.29 bits per heavy atom. The van der Waals surface area contributed by atoms with Gasteiger partial charge in [-0.1, -0.05) is 33.3 Å². The molecule has 0 atom stereocenters. The molecule has 0 bridgehead atoms. The van der Waals surface area contributed by atoms with E-state index >= 15 is 0 Å². The van der Waals surface area contributed by atoms with Gasteiger partial charge in [0, 0.05) is 6.42 Å². The Balaban J connectivity index is 4.51. The van der Waals surface area contributed by atoms with Crippen LogP contribution < -0.4 is 0 Å². The van der Waals surface area contributed by atoms with Gasteiger partial charge in [0.25, 0.3) is 0 Å². The molecule has 0 radical (unpaired) electrons. The predicted molar refractivity (Wildman–Crippen MR) is 58.1 cm³/mol. The molecule has 0 aliphatic heterocycles. The third-order valence-corrected chi connectivity index (χ3v) is 1.94. The third-order valence-electron chi connectivity index (χ3n) is 1.94. The van der Waals surface area contributed by atoms with Crippen LogP contribution in [0.2, 0.25) is 0 Å². The van der Waals surface area contributed by atoms with Gasteiger partial charge in [-0.3, -0.25) is 9.59 Å². The summed E-state index contributed by atoms with van der Waals surface area (Å²) in [5.74, 6) is 0.132. The van der Waals surface area contributed by atoms with Crippen molar-refractivity contribution in [1.29, 1.82) is 0 Å². The molecule has 0 aliphatic carbocycles. The molecule has 0 saturated carbocycles. The summed E-state index contributed by atoms with van der Waals surface area (Å²) in [7, 11) is 0. The molecule has 0 aliphatic rings. The van der Waals surface area contributed by atoms with Crippen molar-refractivity contribution in [1.82, 2.24) is 0 Å². The summed E-state index contributed by atoms with van der Waals surface area (Å²) in [6, 6.07) is 0. The summed E-state index contributed by atoms with van der Waals surface area (Å²) < 4.78 is 0. The second-order valence-corrected chi connectivity index (χ2v) is 3.91. The van der Waals surface area contributed by atoms with Crippen LogP contribution in [-0.4, -0.2) is 11.6 Å². The summed E-state index contributed by atoms with van der Waals surface area (Å²) >= 11 is 0. The standard InChI is InChI=1S/C12H20O2/c1-5-6-7-12(14)11(10(4)13)8-9(2)3/h8-9H,5-7H2,1-4H3/b11-8-. The van der Waals surface area contributed by atoms with Gasteiger partial charge in [0.1, 0.15) is 0 Å². The number of hydrogen-bond acceptors (Lipinski definition) is 2. The van der Waals surface area contributed by atoms with Crippen molar-refractivity contribution in [3.63, 3.8) is 0 Å². The van der Waals surface area contributed by atoms with Crippen molar-refractivity contribution in [2.45, 2.75) is 47.0 Å². The third kappa shape index (κ3) is 4.95. The first-order valence-corrected chi connectivity index (χ1v) is 5.25. The van der Waals surface area contributed by atoms with Crippen LogP contribution in [-0.2, 0) is 9.59 Å². The lowest BCUT2D eigenvalue weighted by molar-refractivity contribution is -0.120. The van der Waals surface area contributed by atoms with Crippen molar-refractivity contribution in [3.8, 4) is 0 Å². The van der Waals surface area contributed by atoms with E-state index in [2.05, 4.69) is 0 Å². The molecule has 0 saturated heterocycles. The van der Waals surface area contributed by atoms with Crippen LogP contribution in [0.25, 0.3) is 0 Å². The molecule has 0 heterocycles. The van der Waals surface area contributed by atoms with Crippen LogP contribution in [0.5, 0.6) is 0 Å². The molecule has 2 heteroatoms. The molecule has 0 aromatic carbocycles. The van der Waals surface area contributed by atoms with Crippen molar-refractivity contribution < 1.29 is 9.59 Å². The van der Waals surface area contributed by atoms with Gasteiger partial charge in [-0.15, -0.1) is 0 Å². The first-order valence-electron chi connectivity index (χ1n) is 5.25. The highest BCUT2D eigenvalue weighted by Crippen LogP contribution is 2.09. The minimum absolute atomic E-state index is 0.00644. The number of ketones is 2. The van der Waals surface area contributed by atoms with E-state index in [1.807, 2.05) is 20.8 Å². The second-order valence-electron chi connectivity index (χ2n) is 3.91. The number of unbranched alkanes of at least 4 members (excludes halogenated alkanes) is 1. The fraction of sp³-hybridized carbons (Fsp3) is 0.667. The van der Waals surface area contributed by atoms with Gasteiger partial charge in [-0.25, -0.2) is 0 Å². The van der Waals surface area contributed by atoms with E-state index < -0.39 is 0 Å². The lowest BCUT2D eigenvalue weighted by Crippen LogP contribution is -2.11. The molecule has 0 amide bonds. The van der Waals surface area contributed by atoms with E-state index in [9.17, 15) is 9.59 Å². The van der Waals surface area contributed by atoms with E-state index in [0.29, 0.717) is 12.0 Å². The minimum Gasteiger partial charge on any atom is -0.294 e. The van der Waals surface area contributed by atoms with Crippen molar-refractivity contribution >= 4 is 11.6 Å². The van der Waals surface area contributed by atoms with E-state index in [1.165, 1.54) is 6.92 Å². The van der Waals surface area contributed by atoms with Crippen molar-refractivity contribution in [2.24, 2.45) is 5.92 Å². The molecule has 80 valence electrons. The molecule has 0 unspecified atom stereocenters. The maximum Gasteiger partial charge on any atom is 0.166 e. The van der Waals surface area contributed by atoms with Crippen molar-refractivity contribution in [2.75, 3.05) is 0 Å². The van der Waals surface area contributed by atoms with Gasteiger partial charge in [0.2, 0.25) is 0 Å². The normalized spacial score (nSPS) is 11.9. The molecule has 0 N–H and O–H groups in total. The number of hydrogen-bond donors (Lipinski definition) is 0. The molecule has 2 nitrogen and oxygen atoms in total. The Morgan fingerprint density at radius 3 is 2.21 bits per heavy atom. The topological polar surface area (TPSA) is 34.1 Å². The van der Waals surface area contributed by atoms with Gasteiger partial charge in [0.15, 0.2) is 11.6 Å². The van der Waals surface area contributed by atoms with Crippen LogP contribution in [0.1, 0.15) is 47.0 Å². The molecule has 0 aromatic heterocycles. The van der Waals surface area contributed by atoms with Gasteiger partial charge < -0.3 is 0 Å². The predicted octanol–water partition coefficient (Wildman–Crippen LogP) is 2.92. The van der Waals surface area contributed by atoms with E-state index in [1.54, 1.807) is 6.08 Å². The molecular formula is C12H20O2. The lowest BCUT2D eigenvalue weighted by atomic mass is 9.99. The number of carbonyl (C=O) groups is 2. The molecule has 0 fully saturated rings. The quantitative estimate of drug-likeness (QED) is 0.372. The SMILES string of the molecule is CCCCC(=O)/C(=C\C(C)C)C(C)=O. The molecule has 0 aromatic rings. The van der Waals surface area contributed by atoms with Crippen LogP contribution in [0, 0.1) is 5.92 Å². The highest BCUT2D eigenvalue weighted by atomic mass is 16.1. The van der Waals surface area contributed by atoms with E-state index in [-0.39, 0.29) is 17.5 Å². The Hall–Kier alpha value is -0.920. The number of Topliss-reactive ketones (excluding diaryl/α,β-unsaturated/α-hetero) is 2. The van der Waals surface area contributed by atoms with E-state index in [4.69, 9.17) is 0 Å². The van der Waals surface area contributed by atoms with Gasteiger partial charge in [-0.2, -0.15) is 0 Å². The minimum atomic E-state index is -0.111. The summed E-state index contributed by atoms with van der Waals surface area (Å²) in [6.07, 6.45) is 4.11. The molecule has 0 spiro atoms. The van der Waals surface area contributed by atoms with Crippen molar-refractivity contribution in [3.05, 3.63) is 11.6 Å². The highest BCUT2D eigenvalue weighted by Gasteiger charge is 2.13. The highest BCUT2D eigenvalue weighted by molar-refractivity contribution is 6.19. The molecule has 14 heavy (non-hydrogen) atoms. The Labute approximate surface area is 86.4 Å². The Kier molecular flexibility index (Phi) is 6.09. The summed E-state index contributed by atoms with van der Waals surface area (Å²) in [5.41, 5.74) is 0.383. The first kappa shape index (κ1) is 13.1. The Bertz CT molecular complexity index is 237. The van der Waals surface area contributed by atoms with Gasteiger partial charge in [0.05, 0.1) is 5.57 Å². The number of rotatable bonds is 6. The largest absolute Gasteiger partial charge is 0.294 e. The summed E-state index contributed by atoms with van der Waals surface area (Å²) in [5, 5.41) is 0. The van der Waals surface area contributed by atoms with E-state index in [0.717, 1.165) is 12.8 Å². The fourth-order valence-electron chi connectivity index (χ4n) is 1.21. The lowest BCUT2D eigenvalue weighted by Gasteiger charge is -2.04. The average molecular weight is 196 g/mol. The average Bonchev–Trinajstić information content (AvgIpc) is 2.09. The maximum absolute atomic E-state index is 11.6. The van der Waals surface area contributed by atoms with Gasteiger partial charge >= 0.3 is 0 Å². The van der Waals surface area contributed by atoms with Gasteiger partial charge in [-0.05, 0) is 19.3 Å². The zero-order chi connectivity index (χ0) is 11.1. The molecular weight excluding hydrogens is 176 g/mol. The zero-order valence-electron chi connectivity index (χ0n) is 9.59.